The van der Waals surface area contributed by atoms with Gasteiger partial charge in [0.25, 0.3) is 5.69 Å². The minimum Gasteiger partial charge on any atom is -0.396 e. The Balaban J connectivity index is 2.27. The first-order chi connectivity index (χ1) is 9.13. The standard InChI is InChI=1S/C13H17ClN2O3/c14-10-5-6-12(13(9-10)16(18)19)15-7-1-3-11(15)4-2-8-17/h5-6,9,11,17H,1-4,7-8H2. The van der Waals surface area contributed by atoms with Crippen molar-refractivity contribution >= 4 is 23.0 Å². The van der Waals surface area contributed by atoms with Crippen LogP contribution in [0.2, 0.25) is 5.02 Å². The van der Waals surface area contributed by atoms with E-state index in [9.17, 15) is 10.1 Å². The van der Waals surface area contributed by atoms with Crippen LogP contribution in [0, 0.1) is 10.1 Å². The van der Waals surface area contributed by atoms with Gasteiger partial charge in [0, 0.05) is 30.3 Å². The molecule has 0 radical (unpaired) electrons. The van der Waals surface area contributed by atoms with Gasteiger partial charge in [0.1, 0.15) is 5.69 Å². The molecule has 1 saturated heterocycles. The van der Waals surface area contributed by atoms with Crippen LogP contribution in [-0.2, 0) is 0 Å². The molecule has 0 aromatic heterocycles. The highest BCUT2D eigenvalue weighted by atomic mass is 35.5. The highest BCUT2D eigenvalue weighted by Gasteiger charge is 2.29. The van der Waals surface area contributed by atoms with Crippen LogP contribution in [0.4, 0.5) is 11.4 Å². The molecular weight excluding hydrogens is 268 g/mol. The number of hydrogen-bond donors (Lipinski definition) is 1. The van der Waals surface area contributed by atoms with Crippen molar-refractivity contribution in [2.75, 3.05) is 18.1 Å². The smallest absolute Gasteiger partial charge is 0.294 e. The highest BCUT2D eigenvalue weighted by Crippen LogP contribution is 2.36. The summed E-state index contributed by atoms with van der Waals surface area (Å²) in [6, 6.07) is 5.08. The van der Waals surface area contributed by atoms with Crippen molar-refractivity contribution in [1.82, 2.24) is 0 Å². The van der Waals surface area contributed by atoms with Gasteiger partial charge in [-0.1, -0.05) is 11.6 Å². The molecule has 5 nitrogen and oxygen atoms in total. The second kappa shape index (κ2) is 6.21. The second-order valence-corrected chi connectivity index (χ2v) is 5.18. The molecule has 0 bridgehead atoms. The van der Waals surface area contributed by atoms with Gasteiger partial charge in [-0.25, -0.2) is 0 Å². The SMILES string of the molecule is O=[N+]([O-])c1cc(Cl)ccc1N1CCCC1CCCO. The fourth-order valence-corrected chi connectivity index (χ4v) is 2.83. The monoisotopic (exact) mass is 284 g/mol. The summed E-state index contributed by atoms with van der Waals surface area (Å²) in [6.07, 6.45) is 3.62. The maximum atomic E-state index is 11.1. The fourth-order valence-electron chi connectivity index (χ4n) is 2.67. The first kappa shape index (κ1) is 14.1. The molecule has 1 aromatic rings. The lowest BCUT2D eigenvalue weighted by Crippen LogP contribution is -2.29. The summed E-state index contributed by atoms with van der Waals surface area (Å²) in [6.45, 7) is 0.978. The van der Waals surface area contributed by atoms with Gasteiger partial charge in [-0.2, -0.15) is 0 Å². The first-order valence-electron chi connectivity index (χ1n) is 6.45. The Morgan fingerprint density at radius 3 is 3.00 bits per heavy atom. The van der Waals surface area contributed by atoms with Crippen molar-refractivity contribution in [2.24, 2.45) is 0 Å². The molecule has 6 heteroatoms. The normalized spacial score (nSPS) is 18.8. The molecule has 1 aliphatic rings. The molecule has 1 unspecified atom stereocenters. The molecular formula is C13H17ClN2O3. The zero-order valence-electron chi connectivity index (χ0n) is 10.6. The topological polar surface area (TPSA) is 66.6 Å². The van der Waals surface area contributed by atoms with E-state index in [-0.39, 0.29) is 23.3 Å². The Labute approximate surface area is 116 Å². The number of rotatable bonds is 5. The molecule has 0 saturated carbocycles. The Kier molecular flexibility index (Phi) is 4.61. The second-order valence-electron chi connectivity index (χ2n) is 4.75. The van der Waals surface area contributed by atoms with E-state index >= 15 is 0 Å². The zero-order valence-corrected chi connectivity index (χ0v) is 11.3. The van der Waals surface area contributed by atoms with Crippen LogP contribution in [-0.4, -0.2) is 29.2 Å². The van der Waals surface area contributed by atoms with Crippen LogP contribution in [0.3, 0.4) is 0 Å². The minimum atomic E-state index is -0.386. The van der Waals surface area contributed by atoms with E-state index in [0.29, 0.717) is 10.7 Å². The van der Waals surface area contributed by atoms with Gasteiger partial charge in [-0.05, 0) is 37.8 Å². The van der Waals surface area contributed by atoms with E-state index in [4.69, 9.17) is 16.7 Å². The molecule has 19 heavy (non-hydrogen) atoms. The summed E-state index contributed by atoms with van der Waals surface area (Å²) in [5.74, 6) is 0. The lowest BCUT2D eigenvalue weighted by molar-refractivity contribution is -0.384. The van der Waals surface area contributed by atoms with E-state index in [1.807, 2.05) is 0 Å². The average Bonchev–Trinajstić information content (AvgIpc) is 2.84. The van der Waals surface area contributed by atoms with Crippen molar-refractivity contribution < 1.29 is 10.0 Å². The summed E-state index contributed by atoms with van der Waals surface area (Å²) in [5, 5.41) is 20.4. The largest absolute Gasteiger partial charge is 0.396 e. The zero-order chi connectivity index (χ0) is 13.8. The number of hydrogen-bond acceptors (Lipinski definition) is 4. The van der Waals surface area contributed by atoms with Crippen molar-refractivity contribution in [3.8, 4) is 0 Å². The summed E-state index contributed by atoms with van der Waals surface area (Å²) >= 11 is 5.83. The van der Waals surface area contributed by atoms with E-state index in [1.165, 1.54) is 6.07 Å². The van der Waals surface area contributed by atoms with Crippen molar-refractivity contribution in [3.63, 3.8) is 0 Å². The van der Waals surface area contributed by atoms with Crippen LogP contribution < -0.4 is 4.90 Å². The maximum Gasteiger partial charge on any atom is 0.294 e. The summed E-state index contributed by atoms with van der Waals surface area (Å²) < 4.78 is 0. The van der Waals surface area contributed by atoms with E-state index in [2.05, 4.69) is 4.90 Å². The molecule has 104 valence electrons. The Morgan fingerprint density at radius 2 is 2.32 bits per heavy atom. The molecule has 1 N–H and O–H groups in total. The van der Waals surface area contributed by atoms with Crippen LogP contribution in [0.1, 0.15) is 25.7 Å². The predicted molar refractivity (Wildman–Crippen MR) is 74.8 cm³/mol. The van der Waals surface area contributed by atoms with E-state index in [1.54, 1.807) is 12.1 Å². The summed E-state index contributed by atoms with van der Waals surface area (Å²) in [4.78, 5) is 12.8. The van der Waals surface area contributed by atoms with Crippen LogP contribution in [0.25, 0.3) is 0 Å². The fraction of sp³-hybridized carbons (Fsp3) is 0.538. The number of nitrogens with zero attached hydrogens (tertiary/aromatic N) is 2. The summed E-state index contributed by atoms with van der Waals surface area (Å²) in [7, 11) is 0. The molecule has 1 aromatic carbocycles. The number of anilines is 1. The number of benzene rings is 1. The molecule has 1 heterocycles. The van der Waals surface area contributed by atoms with Crippen LogP contribution >= 0.6 is 11.6 Å². The number of nitro benzene ring substituents is 1. The van der Waals surface area contributed by atoms with Crippen molar-refractivity contribution in [3.05, 3.63) is 33.3 Å². The molecule has 1 atom stereocenters. The minimum absolute atomic E-state index is 0.0587. The third-order valence-electron chi connectivity index (χ3n) is 3.52. The Bertz CT molecular complexity index is 467. The van der Waals surface area contributed by atoms with Gasteiger partial charge in [0.05, 0.1) is 4.92 Å². The van der Waals surface area contributed by atoms with E-state index in [0.717, 1.165) is 32.2 Å². The van der Waals surface area contributed by atoms with Crippen LogP contribution in [0.5, 0.6) is 0 Å². The molecule has 0 spiro atoms. The molecule has 1 aliphatic heterocycles. The van der Waals surface area contributed by atoms with Crippen molar-refractivity contribution in [1.29, 1.82) is 0 Å². The first-order valence-corrected chi connectivity index (χ1v) is 6.82. The quantitative estimate of drug-likeness (QED) is 0.667. The van der Waals surface area contributed by atoms with Gasteiger partial charge < -0.3 is 10.0 Å². The highest BCUT2D eigenvalue weighted by molar-refractivity contribution is 6.30. The average molecular weight is 285 g/mol. The molecule has 2 rings (SSSR count). The Morgan fingerprint density at radius 1 is 1.53 bits per heavy atom. The van der Waals surface area contributed by atoms with Gasteiger partial charge in [0.2, 0.25) is 0 Å². The van der Waals surface area contributed by atoms with Gasteiger partial charge in [0.15, 0.2) is 0 Å². The molecule has 0 amide bonds. The number of halogens is 1. The van der Waals surface area contributed by atoms with Gasteiger partial charge in [-0.15, -0.1) is 0 Å². The predicted octanol–water partition coefficient (Wildman–Crippen LogP) is 2.99. The molecule has 1 fully saturated rings. The third-order valence-corrected chi connectivity index (χ3v) is 3.75. The Hall–Kier alpha value is -1.33. The molecule has 0 aliphatic carbocycles. The number of aliphatic hydroxyl groups is 1. The number of aliphatic hydroxyl groups excluding tert-OH is 1. The summed E-state index contributed by atoms with van der Waals surface area (Å²) in [5.41, 5.74) is 0.693. The van der Waals surface area contributed by atoms with Gasteiger partial charge in [-0.3, -0.25) is 10.1 Å². The lowest BCUT2D eigenvalue weighted by atomic mass is 10.1. The number of nitro groups is 1. The van der Waals surface area contributed by atoms with Crippen molar-refractivity contribution in [2.45, 2.75) is 31.7 Å². The van der Waals surface area contributed by atoms with E-state index < -0.39 is 0 Å². The third kappa shape index (κ3) is 3.16. The maximum absolute atomic E-state index is 11.1. The van der Waals surface area contributed by atoms with Crippen LogP contribution in [0.15, 0.2) is 18.2 Å². The van der Waals surface area contributed by atoms with Gasteiger partial charge >= 0.3 is 0 Å². The lowest BCUT2D eigenvalue weighted by Gasteiger charge is -2.26.